The fourth-order valence-corrected chi connectivity index (χ4v) is 4.72. The van der Waals surface area contributed by atoms with Crippen molar-refractivity contribution in [3.8, 4) is 0 Å². The summed E-state index contributed by atoms with van der Waals surface area (Å²) in [6, 6.07) is -0.0820. The Balaban J connectivity index is 1.86. The van der Waals surface area contributed by atoms with Gasteiger partial charge >= 0.3 is 0 Å². The third kappa shape index (κ3) is 4.45. The summed E-state index contributed by atoms with van der Waals surface area (Å²) in [7, 11) is -1.17. The molecule has 0 saturated carbocycles. The molecule has 0 bridgehead atoms. The lowest BCUT2D eigenvalue weighted by Gasteiger charge is -2.21. The molecule has 1 saturated heterocycles. The van der Waals surface area contributed by atoms with Crippen LogP contribution in [0.1, 0.15) is 31.2 Å². The van der Waals surface area contributed by atoms with Crippen molar-refractivity contribution < 1.29 is 13.2 Å². The third-order valence-electron chi connectivity index (χ3n) is 3.41. The van der Waals surface area contributed by atoms with Crippen LogP contribution in [0, 0.1) is 0 Å². The number of sulfone groups is 1. The zero-order valence-electron chi connectivity index (χ0n) is 12.4. The summed E-state index contributed by atoms with van der Waals surface area (Å²) in [6.45, 7) is 4.18. The Hall–Kier alpha value is -1.06. The quantitative estimate of drug-likeness (QED) is 0.854. The van der Waals surface area contributed by atoms with Gasteiger partial charge in [0.2, 0.25) is 11.0 Å². The molecule has 1 atom stereocenters. The number of carbonyl (C=O) groups excluding carboxylic acids is 1. The highest BCUT2D eigenvalue weighted by Crippen LogP contribution is 2.22. The molecule has 1 fully saturated rings. The Labute approximate surface area is 128 Å². The van der Waals surface area contributed by atoms with Gasteiger partial charge in [-0.1, -0.05) is 25.2 Å². The molecular weight excluding hydrogens is 312 g/mol. The van der Waals surface area contributed by atoms with Gasteiger partial charge < -0.3 is 0 Å². The maximum atomic E-state index is 12.0. The van der Waals surface area contributed by atoms with Gasteiger partial charge in [-0.05, 0) is 13.5 Å². The Morgan fingerprint density at radius 2 is 2.19 bits per heavy atom. The maximum absolute atomic E-state index is 12.0. The van der Waals surface area contributed by atoms with Crippen molar-refractivity contribution in [2.75, 3.05) is 30.4 Å². The van der Waals surface area contributed by atoms with Crippen molar-refractivity contribution >= 4 is 32.2 Å². The Bertz CT molecular complexity index is 612. The van der Waals surface area contributed by atoms with E-state index >= 15 is 0 Å². The van der Waals surface area contributed by atoms with E-state index in [1.807, 2.05) is 13.8 Å². The number of hydrogen-bond donors (Lipinski definition) is 1. The summed E-state index contributed by atoms with van der Waals surface area (Å²) in [5.74, 6) is 0.415. The molecular formula is C12H20N4O3S2. The van der Waals surface area contributed by atoms with Crippen LogP contribution in [0.2, 0.25) is 0 Å². The predicted octanol–water partition coefficient (Wildman–Crippen LogP) is 0.719. The number of nitrogens with zero attached hydrogens (tertiary/aromatic N) is 3. The zero-order valence-corrected chi connectivity index (χ0v) is 14.0. The van der Waals surface area contributed by atoms with Crippen LogP contribution in [0.3, 0.4) is 0 Å². The summed E-state index contributed by atoms with van der Waals surface area (Å²) in [5.41, 5.74) is 0. The number of aromatic nitrogens is 2. The SMILES string of the molecule is CC(C)c1nnc(NC(=O)CN(C)[C@H]2CCS(=O)(=O)C2)s1. The summed E-state index contributed by atoms with van der Waals surface area (Å²) in [5, 5.41) is 12.0. The third-order valence-corrected chi connectivity index (χ3v) is 6.30. The molecule has 2 heterocycles. The van der Waals surface area contributed by atoms with Crippen molar-refractivity contribution in [2.24, 2.45) is 0 Å². The summed E-state index contributed by atoms with van der Waals surface area (Å²) in [6.07, 6.45) is 0.586. The average Bonchev–Trinajstić information content (AvgIpc) is 2.95. The van der Waals surface area contributed by atoms with E-state index < -0.39 is 9.84 Å². The molecule has 0 unspecified atom stereocenters. The number of rotatable bonds is 5. The van der Waals surface area contributed by atoms with E-state index in [0.29, 0.717) is 11.6 Å². The predicted molar refractivity (Wildman–Crippen MR) is 82.3 cm³/mol. The average molecular weight is 332 g/mol. The van der Waals surface area contributed by atoms with Gasteiger partial charge in [0.05, 0.1) is 18.1 Å². The molecule has 1 aliphatic heterocycles. The molecule has 2 rings (SSSR count). The Kier molecular flexibility index (Phi) is 4.95. The molecule has 118 valence electrons. The second kappa shape index (κ2) is 6.37. The van der Waals surface area contributed by atoms with Gasteiger partial charge in [0.15, 0.2) is 9.84 Å². The number of anilines is 1. The standard InChI is InChI=1S/C12H20N4O3S2/c1-8(2)11-14-15-12(20-11)13-10(17)6-16(3)9-4-5-21(18,19)7-9/h8-9H,4-7H2,1-3H3,(H,13,15,17)/t9-/m0/s1. The normalized spacial score (nSPS) is 21.1. The van der Waals surface area contributed by atoms with Crippen LogP contribution in [0.5, 0.6) is 0 Å². The molecule has 1 aromatic rings. The largest absolute Gasteiger partial charge is 0.299 e. The lowest BCUT2D eigenvalue weighted by atomic mass is 10.2. The molecule has 0 aromatic carbocycles. The van der Waals surface area contributed by atoms with Crippen LogP contribution >= 0.6 is 11.3 Å². The van der Waals surface area contributed by atoms with E-state index in [1.54, 1.807) is 11.9 Å². The van der Waals surface area contributed by atoms with Crippen molar-refractivity contribution in [2.45, 2.75) is 32.2 Å². The maximum Gasteiger partial charge on any atom is 0.240 e. The fraction of sp³-hybridized carbons (Fsp3) is 0.750. The monoisotopic (exact) mass is 332 g/mol. The highest BCUT2D eigenvalue weighted by molar-refractivity contribution is 7.91. The van der Waals surface area contributed by atoms with E-state index in [0.717, 1.165) is 5.01 Å². The van der Waals surface area contributed by atoms with E-state index in [-0.39, 0.29) is 35.9 Å². The van der Waals surface area contributed by atoms with Gasteiger partial charge in [-0.3, -0.25) is 15.0 Å². The first-order valence-electron chi connectivity index (χ1n) is 6.81. The fourth-order valence-electron chi connectivity index (χ4n) is 2.16. The summed E-state index contributed by atoms with van der Waals surface area (Å²) < 4.78 is 22.9. The lowest BCUT2D eigenvalue weighted by molar-refractivity contribution is -0.117. The van der Waals surface area contributed by atoms with Gasteiger partial charge in [-0.25, -0.2) is 8.42 Å². The number of hydrogen-bond acceptors (Lipinski definition) is 7. The van der Waals surface area contributed by atoms with Crippen molar-refractivity contribution in [3.63, 3.8) is 0 Å². The van der Waals surface area contributed by atoms with E-state index in [9.17, 15) is 13.2 Å². The molecule has 1 aliphatic rings. The smallest absolute Gasteiger partial charge is 0.240 e. The van der Waals surface area contributed by atoms with E-state index in [4.69, 9.17) is 0 Å². The van der Waals surface area contributed by atoms with Crippen LogP contribution < -0.4 is 5.32 Å². The molecule has 1 aromatic heterocycles. The van der Waals surface area contributed by atoms with Crippen LogP contribution in [0.25, 0.3) is 0 Å². The minimum atomic E-state index is -2.94. The minimum absolute atomic E-state index is 0.0820. The first-order valence-corrected chi connectivity index (χ1v) is 9.44. The highest BCUT2D eigenvalue weighted by Gasteiger charge is 2.31. The van der Waals surface area contributed by atoms with Crippen LogP contribution in [-0.4, -0.2) is 60.6 Å². The molecule has 1 N–H and O–H groups in total. The van der Waals surface area contributed by atoms with Gasteiger partial charge in [-0.2, -0.15) is 0 Å². The molecule has 21 heavy (non-hydrogen) atoms. The number of likely N-dealkylation sites (N-methyl/N-ethyl adjacent to an activating group) is 1. The topological polar surface area (TPSA) is 92.3 Å². The van der Waals surface area contributed by atoms with Gasteiger partial charge in [0.25, 0.3) is 0 Å². The molecule has 7 nitrogen and oxygen atoms in total. The molecule has 0 spiro atoms. The molecule has 0 radical (unpaired) electrons. The minimum Gasteiger partial charge on any atom is -0.299 e. The number of amides is 1. The van der Waals surface area contributed by atoms with Crippen molar-refractivity contribution in [3.05, 3.63) is 5.01 Å². The second-order valence-electron chi connectivity index (χ2n) is 5.62. The van der Waals surface area contributed by atoms with Gasteiger partial charge in [0, 0.05) is 12.0 Å². The highest BCUT2D eigenvalue weighted by atomic mass is 32.2. The lowest BCUT2D eigenvalue weighted by Crippen LogP contribution is -2.38. The van der Waals surface area contributed by atoms with Crippen LogP contribution in [0.4, 0.5) is 5.13 Å². The van der Waals surface area contributed by atoms with Gasteiger partial charge in [-0.15, -0.1) is 10.2 Å². The van der Waals surface area contributed by atoms with Crippen LogP contribution in [0.15, 0.2) is 0 Å². The Morgan fingerprint density at radius 3 is 2.71 bits per heavy atom. The van der Waals surface area contributed by atoms with E-state index in [1.165, 1.54) is 11.3 Å². The summed E-state index contributed by atoms with van der Waals surface area (Å²) in [4.78, 5) is 13.7. The van der Waals surface area contributed by atoms with E-state index in [2.05, 4.69) is 15.5 Å². The molecule has 9 heteroatoms. The van der Waals surface area contributed by atoms with Crippen LogP contribution in [-0.2, 0) is 14.6 Å². The molecule has 0 aliphatic carbocycles. The van der Waals surface area contributed by atoms with Crippen molar-refractivity contribution in [1.29, 1.82) is 0 Å². The molecule has 1 amide bonds. The van der Waals surface area contributed by atoms with Crippen molar-refractivity contribution in [1.82, 2.24) is 15.1 Å². The summed E-state index contributed by atoms with van der Waals surface area (Å²) >= 11 is 1.36. The number of nitrogens with one attached hydrogen (secondary N) is 1. The first-order chi connectivity index (χ1) is 9.77. The number of carbonyl (C=O) groups is 1. The Morgan fingerprint density at radius 1 is 1.48 bits per heavy atom. The van der Waals surface area contributed by atoms with Gasteiger partial charge in [0.1, 0.15) is 5.01 Å². The second-order valence-corrected chi connectivity index (χ2v) is 8.86. The zero-order chi connectivity index (χ0) is 15.6. The first kappa shape index (κ1) is 16.3.